The summed E-state index contributed by atoms with van der Waals surface area (Å²) in [6, 6.07) is 30.3. The molecule has 1 aliphatic rings. The Hall–Kier alpha value is -3.97. The van der Waals surface area contributed by atoms with Crippen molar-refractivity contribution in [2.45, 2.75) is 79.3 Å². The van der Waals surface area contributed by atoms with Gasteiger partial charge in [0.05, 0.1) is 0 Å². The van der Waals surface area contributed by atoms with E-state index in [2.05, 4.69) is 80.5 Å². The fraction of sp³-hybridized carbons (Fsp3) is 0.432. The number of carbonyl (C=O) groups excluding carboxylic acids is 3. The molecule has 0 radical (unpaired) electrons. The number of primary amides is 1. The summed E-state index contributed by atoms with van der Waals surface area (Å²) in [5.41, 5.74) is 8.25. The van der Waals surface area contributed by atoms with Crippen LogP contribution in [-0.4, -0.2) is 48.3 Å². The number of likely N-dealkylation sites (tertiary alicyclic amines) is 1. The molecule has 3 aromatic carbocycles. The zero-order valence-corrected chi connectivity index (χ0v) is 27.4. The third kappa shape index (κ3) is 19.3. The molecule has 3 aromatic rings. The number of nitrogens with one attached hydrogen (secondary N) is 2. The molecule has 1 saturated heterocycles. The number of hydrogen-bond donors (Lipinski definition) is 3. The third-order valence-corrected chi connectivity index (χ3v) is 6.28. The van der Waals surface area contributed by atoms with Gasteiger partial charge in [0.2, 0.25) is 17.7 Å². The van der Waals surface area contributed by atoms with Gasteiger partial charge in [0, 0.05) is 33.0 Å². The van der Waals surface area contributed by atoms with E-state index in [1.165, 1.54) is 23.6 Å². The van der Waals surface area contributed by atoms with E-state index in [0.717, 1.165) is 38.3 Å². The fourth-order valence-corrected chi connectivity index (χ4v) is 4.28. The first kappa shape index (κ1) is 38.1. The molecule has 1 atom stereocenters. The number of nitrogens with zero attached hydrogens (tertiary/aromatic N) is 1. The van der Waals surface area contributed by atoms with Gasteiger partial charge >= 0.3 is 0 Å². The Morgan fingerprint density at radius 1 is 0.841 bits per heavy atom. The number of rotatable bonds is 11. The van der Waals surface area contributed by atoms with Crippen molar-refractivity contribution in [1.29, 1.82) is 0 Å². The second-order valence-corrected chi connectivity index (χ2v) is 11.5. The molecule has 44 heavy (non-hydrogen) atoms. The highest BCUT2D eigenvalue weighted by Crippen LogP contribution is 2.18. The maximum atomic E-state index is 12.8. The Morgan fingerprint density at radius 2 is 1.34 bits per heavy atom. The minimum absolute atomic E-state index is 0.0285. The van der Waals surface area contributed by atoms with Crippen LogP contribution in [0.4, 0.5) is 0 Å². The van der Waals surface area contributed by atoms with Gasteiger partial charge < -0.3 is 21.3 Å². The van der Waals surface area contributed by atoms with Gasteiger partial charge in [0.15, 0.2) is 0 Å². The standard InChI is InChI=1S/C24H31N3O2.C7H8.C4H10.C2H5NO/c28-23-13-7-18-27(23)22(15-14-20-9-3-1-4-10-20)24(29)26-17-8-16-25-19-21-11-5-2-6-12-21;1-7-5-3-2-4-6-7;1-4(2)3;1-2(3)4/h1-6,9-12,22,25H,7-8,13-19H2,(H,26,29);2-6H,1H3;4H,1-3H3;1H3,(H2,3,4)/t22-;;;/m0.../s1. The summed E-state index contributed by atoms with van der Waals surface area (Å²) in [5, 5.41) is 6.44. The predicted octanol–water partition coefficient (Wildman–Crippen LogP) is 6.06. The molecule has 0 aliphatic carbocycles. The molecular weight excluding hydrogens is 548 g/mol. The van der Waals surface area contributed by atoms with E-state index in [1.807, 2.05) is 54.6 Å². The lowest BCUT2D eigenvalue weighted by atomic mass is 10.0. The summed E-state index contributed by atoms with van der Waals surface area (Å²) in [5.74, 6) is 0.571. The van der Waals surface area contributed by atoms with Crippen LogP contribution in [-0.2, 0) is 27.3 Å². The Kier molecular flexibility index (Phi) is 20.3. The van der Waals surface area contributed by atoms with Crippen molar-refractivity contribution in [2.24, 2.45) is 11.7 Å². The predicted molar refractivity (Wildman–Crippen MR) is 182 cm³/mol. The van der Waals surface area contributed by atoms with E-state index >= 15 is 0 Å². The first-order valence-corrected chi connectivity index (χ1v) is 15.7. The van der Waals surface area contributed by atoms with Crippen LogP contribution in [0.3, 0.4) is 0 Å². The Morgan fingerprint density at radius 3 is 1.80 bits per heavy atom. The Balaban J connectivity index is 0.000000529. The van der Waals surface area contributed by atoms with E-state index in [9.17, 15) is 14.4 Å². The average Bonchev–Trinajstić information content (AvgIpc) is 3.41. The van der Waals surface area contributed by atoms with Gasteiger partial charge in [-0.05, 0) is 56.2 Å². The Labute approximate surface area is 265 Å². The first-order chi connectivity index (χ1) is 21.1. The summed E-state index contributed by atoms with van der Waals surface area (Å²) in [6.45, 7) is 12.9. The van der Waals surface area contributed by atoms with Gasteiger partial charge in [-0.15, -0.1) is 0 Å². The van der Waals surface area contributed by atoms with Gasteiger partial charge in [-0.25, -0.2) is 0 Å². The van der Waals surface area contributed by atoms with Crippen molar-refractivity contribution in [1.82, 2.24) is 15.5 Å². The SMILES string of the molecule is CC(C)C.CC(N)=O.Cc1ccccc1.O=C(NCCCNCc1ccccc1)[C@H](CCc1ccccc1)N1CCCC1=O. The molecule has 7 nitrogen and oxygen atoms in total. The zero-order valence-electron chi connectivity index (χ0n) is 27.4. The van der Waals surface area contributed by atoms with Crippen LogP contribution >= 0.6 is 0 Å². The molecule has 0 spiro atoms. The van der Waals surface area contributed by atoms with Crippen molar-refractivity contribution in [3.8, 4) is 0 Å². The number of benzene rings is 3. The summed E-state index contributed by atoms with van der Waals surface area (Å²) in [7, 11) is 0. The molecule has 4 N–H and O–H groups in total. The van der Waals surface area contributed by atoms with Crippen molar-refractivity contribution >= 4 is 17.7 Å². The van der Waals surface area contributed by atoms with E-state index < -0.39 is 0 Å². The fourth-order valence-electron chi connectivity index (χ4n) is 4.28. The van der Waals surface area contributed by atoms with Crippen molar-refractivity contribution < 1.29 is 14.4 Å². The number of amides is 3. The number of nitrogens with two attached hydrogens (primary N) is 1. The quantitative estimate of drug-likeness (QED) is 0.232. The summed E-state index contributed by atoms with van der Waals surface area (Å²) >= 11 is 0. The number of aryl methyl sites for hydroxylation is 2. The zero-order chi connectivity index (χ0) is 32.6. The van der Waals surface area contributed by atoms with Crippen LogP contribution in [0.25, 0.3) is 0 Å². The second-order valence-electron chi connectivity index (χ2n) is 11.5. The van der Waals surface area contributed by atoms with Crippen LogP contribution in [0.1, 0.15) is 70.1 Å². The second kappa shape index (κ2) is 23.5. The lowest BCUT2D eigenvalue weighted by molar-refractivity contribution is -0.137. The molecule has 1 aliphatic heterocycles. The van der Waals surface area contributed by atoms with Crippen LogP contribution in [0.15, 0.2) is 91.0 Å². The van der Waals surface area contributed by atoms with Crippen molar-refractivity contribution in [2.75, 3.05) is 19.6 Å². The molecule has 1 heterocycles. The highest BCUT2D eigenvalue weighted by Gasteiger charge is 2.32. The highest BCUT2D eigenvalue weighted by molar-refractivity contribution is 5.88. The molecule has 240 valence electrons. The molecule has 0 saturated carbocycles. The topological polar surface area (TPSA) is 105 Å². The summed E-state index contributed by atoms with van der Waals surface area (Å²) < 4.78 is 0. The summed E-state index contributed by atoms with van der Waals surface area (Å²) in [4.78, 5) is 36.0. The lowest BCUT2D eigenvalue weighted by Gasteiger charge is -2.27. The van der Waals surface area contributed by atoms with E-state index in [0.29, 0.717) is 25.9 Å². The normalized spacial score (nSPS) is 12.5. The lowest BCUT2D eigenvalue weighted by Crippen LogP contribution is -2.48. The number of carbonyl (C=O) groups is 3. The van der Waals surface area contributed by atoms with E-state index in [-0.39, 0.29) is 23.8 Å². The van der Waals surface area contributed by atoms with Crippen LogP contribution in [0, 0.1) is 12.8 Å². The van der Waals surface area contributed by atoms with Crippen LogP contribution in [0.2, 0.25) is 0 Å². The highest BCUT2D eigenvalue weighted by atomic mass is 16.2. The number of hydrogen-bond acceptors (Lipinski definition) is 4. The van der Waals surface area contributed by atoms with Gasteiger partial charge in [-0.1, -0.05) is 117 Å². The largest absolute Gasteiger partial charge is 0.370 e. The first-order valence-electron chi connectivity index (χ1n) is 15.7. The van der Waals surface area contributed by atoms with Crippen molar-refractivity contribution in [3.05, 3.63) is 108 Å². The molecule has 0 aromatic heterocycles. The molecule has 3 amide bonds. The van der Waals surface area contributed by atoms with E-state index in [1.54, 1.807) is 4.90 Å². The van der Waals surface area contributed by atoms with Crippen LogP contribution in [0.5, 0.6) is 0 Å². The maximum absolute atomic E-state index is 12.8. The monoisotopic (exact) mass is 602 g/mol. The van der Waals surface area contributed by atoms with E-state index in [4.69, 9.17) is 0 Å². The molecule has 1 fully saturated rings. The maximum Gasteiger partial charge on any atom is 0.242 e. The minimum atomic E-state index is -0.373. The molecule has 7 heteroatoms. The van der Waals surface area contributed by atoms with Crippen LogP contribution < -0.4 is 16.4 Å². The molecule has 4 rings (SSSR count). The minimum Gasteiger partial charge on any atom is -0.370 e. The molecule has 0 bridgehead atoms. The van der Waals surface area contributed by atoms with Gasteiger partial charge in [0.1, 0.15) is 6.04 Å². The average molecular weight is 603 g/mol. The Bertz CT molecular complexity index is 1160. The molecule has 0 unspecified atom stereocenters. The van der Waals surface area contributed by atoms with Gasteiger partial charge in [0.25, 0.3) is 0 Å². The van der Waals surface area contributed by atoms with Gasteiger partial charge in [-0.3, -0.25) is 14.4 Å². The van der Waals surface area contributed by atoms with Crippen molar-refractivity contribution in [3.63, 3.8) is 0 Å². The molecular formula is C37H54N4O3. The smallest absolute Gasteiger partial charge is 0.242 e. The summed E-state index contributed by atoms with van der Waals surface area (Å²) in [6.07, 6.45) is 3.71. The van der Waals surface area contributed by atoms with Gasteiger partial charge in [-0.2, -0.15) is 0 Å². The third-order valence-electron chi connectivity index (χ3n) is 6.28.